The SMILES string of the molecule is Nc1cccc(Br)c1CSc1nccs1. The van der Waals surface area contributed by atoms with E-state index in [-0.39, 0.29) is 0 Å². The molecule has 0 fully saturated rings. The summed E-state index contributed by atoms with van der Waals surface area (Å²) in [6, 6.07) is 5.87. The summed E-state index contributed by atoms with van der Waals surface area (Å²) in [6.45, 7) is 0. The Labute approximate surface area is 105 Å². The Morgan fingerprint density at radius 1 is 1.47 bits per heavy atom. The van der Waals surface area contributed by atoms with E-state index in [2.05, 4.69) is 20.9 Å². The van der Waals surface area contributed by atoms with Crippen molar-refractivity contribution < 1.29 is 0 Å². The van der Waals surface area contributed by atoms with Crippen molar-refractivity contribution >= 4 is 44.7 Å². The van der Waals surface area contributed by atoms with Crippen LogP contribution in [0.2, 0.25) is 0 Å². The number of benzene rings is 1. The minimum Gasteiger partial charge on any atom is -0.398 e. The zero-order chi connectivity index (χ0) is 10.7. The van der Waals surface area contributed by atoms with E-state index in [1.54, 1.807) is 23.1 Å². The van der Waals surface area contributed by atoms with Crippen LogP contribution in [0.1, 0.15) is 5.56 Å². The largest absolute Gasteiger partial charge is 0.398 e. The summed E-state index contributed by atoms with van der Waals surface area (Å²) in [5.41, 5.74) is 7.86. The third-order valence-electron chi connectivity index (χ3n) is 1.90. The van der Waals surface area contributed by atoms with Gasteiger partial charge in [0.2, 0.25) is 0 Å². The molecule has 0 bridgehead atoms. The lowest BCUT2D eigenvalue weighted by Gasteiger charge is -2.06. The summed E-state index contributed by atoms with van der Waals surface area (Å²) in [5, 5.41) is 1.98. The molecule has 2 aromatic rings. The van der Waals surface area contributed by atoms with Gasteiger partial charge in [-0.05, 0) is 17.7 Å². The summed E-state index contributed by atoms with van der Waals surface area (Å²) in [7, 11) is 0. The minimum absolute atomic E-state index is 0.827. The van der Waals surface area contributed by atoms with Gasteiger partial charge in [-0.1, -0.05) is 33.8 Å². The van der Waals surface area contributed by atoms with E-state index in [9.17, 15) is 0 Å². The highest BCUT2D eigenvalue weighted by molar-refractivity contribution is 9.10. The number of halogens is 1. The Morgan fingerprint density at radius 2 is 2.33 bits per heavy atom. The lowest BCUT2D eigenvalue weighted by Crippen LogP contribution is -1.93. The normalized spacial score (nSPS) is 10.5. The fraction of sp³-hybridized carbons (Fsp3) is 0.100. The van der Waals surface area contributed by atoms with Crippen LogP contribution in [-0.2, 0) is 5.75 Å². The van der Waals surface area contributed by atoms with Crippen LogP contribution >= 0.6 is 39.0 Å². The third kappa shape index (κ3) is 2.74. The minimum atomic E-state index is 0.827. The zero-order valence-electron chi connectivity index (χ0n) is 7.81. The molecule has 15 heavy (non-hydrogen) atoms. The highest BCUT2D eigenvalue weighted by Crippen LogP contribution is 2.31. The number of hydrogen-bond donors (Lipinski definition) is 1. The van der Waals surface area contributed by atoms with Crippen LogP contribution in [0, 0.1) is 0 Å². The van der Waals surface area contributed by atoms with Crippen LogP contribution in [-0.4, -0.2) is 4.98 Å². The average molecular weight is 301 g/mol. The Kier molecular flexibility index (Phi) is 3.66. The van der Waals surface area contributed by atoms with Crippen molar-refractivity contribution in [1.29, 1.82) is 0 Å². The molecule has 0 saturated carbocycles. The Balaban J connectivity index is 2.11. The number of nitrogen functional groups attached to an aromatic ring is 1. The molecule has 5 heteroatoms. The van der Waals surface area contributed by atoms with Gasteiger partial charge in [-0.2, -0.15) is 0 Å². The first-order valence-electron chi connectivity index (χ1n) is 4.32. The topological polar surface area (TPSA) is 38.9 Å². The van der Waals surface area contributed by atoms with Crippen molar-refractivity contribution in [2.24, 2.45) is 0 Å². The number of thioether (sulfide) groups is 1. The Morgan fingerprint density at radius 3 is 3.00 bits per heavy atom. The molecule has 1 aromatic carbocycles. The van der Waals surface area contributed by atoms with Crippen molar-refractivity contribution in [1.82, 2.24) is 4.98 Å². The predicted molar refractivity (Wildman–Crippen MR) is 70.2 cm³/mol. The Hall–Kier alpha value is -0.520. The first-order valence-corrected chi connectivity index (χ1v) is 6.98. The summed E-state index contributed by atoms with van der Waals surface area (Å²) in [6.07, 6.45) is 1.82. The second kappa shape index (κ2) is 5.01. The predicted octanol–water partition coefficient (Wildman–Crippen LogP) is 3.78. The van der Waals surface area contributed by atoms with E-state index in [0.29, 0.717) is 0 Å². The molecular weight excluding hydrogens is 292 g/mol. The van der Waals surface area contributed by atoms with Gasteiger partial charge in [0.1, 0.15) is 4.34 Å². The van der Waals surface area contributed by atoms with E-state index in [1.807, 2.05) is 29.8 Å². The summed E-state index contributed by atoms with van der Waals surface area (Å²) >= 11 is 6.86. The molecule has 78 valence electrons. The molecule has 1 heterocycles. The van der Waals surface area contributed by atoms with E-state index < -0.39 is 0 Å². The van der Waals surface area contributed by atoms with Gasteiger partial charge in [-0.25, -0.2) is 4.98 Å². The van der Waals surface area contributed by atoms with Crippen LogP contribution in [0.4, 0.5) is 5.69 Å². The molecule has 0 atom stereocenters. The van der Waals surface area contributed by atoms with E-state index in [4.69, 9.17) is 5.73 Å². The second-order valence-electron chi connectivity index (χ2n) is 2.89. The van der Waals surface area contributed by atoms with E-state index in [0.717, 1.165) is 25.8 Å². The van der Waals surface area contributed by atoms with Gasteiger partial charge < -0.3 is 5.73 Å². The van der Waals surface area contributed by atoms with Crippen LogP contribution < -0.4 is 5.73 Å². The number of anilines is 1. The molecule has 2 N–H and O–H groups in total. The molecule has 0 aliphatic heterocycles. The molecule has 0 amide bonds. The molecule has 0 aliphatic rings. The molecule has 0 unspecified atom stereocenters. The summed E-state index contributed by atoms with van der Waals surface area (Å²) < 4.78 is 2.14. The smallest absolute Gasteiger partial charge is 0.150 e. The number of hydrogen-bond acceptors (Lipinski definition) is 4. The first kappa shape index (κ1) is 11.0. The van der Waals surface area contributed by atoms with Gasteiger partial charge in [0.15, 0.2) is 0 Å². The van der Waals surface area contributed by atoms with E-state index >= 15 is 0 Å². The fourth-order valence-corrected chi connectivity index (χ4v) is 3.55. The van der Waals surface area contributed by atoms with Gasteiger partial charge in [0.25, 0.3) is 0 Å². The third-order valence-corrected chi connectivity index (χ3v) is 4.64. The van der Waals surface area contributed by atoms with Crippen LogP contribution in [0.5, 0.6) is 0 Å². The number of thiazole rings is 1. The standard InChI is InChI=1S/C10H9BrN2S2/c11-8-2-1-3-9(12)7(8)6-15-10-13-4-5-14-10/h1-5H,6,12H2. The Bertz CT molecular complexity index is 422. The molecule has 0 spiro atoms. The van der Waals surface area contributed by atoms with Gasteiger partial charge in [-0.3, -0.25) is 0 Å². The van der Waals surface area contributed by atoms with Crippen LogP contribution in [0.25, 0.3) is 0 Å². The van der Waals surface area contributed by atoms with Crippen molar-refractivity contribution in [3.63, 3.8) is 0 Å². The van der Waals surface area contributed by atoms with Crippen LogP contribution in [0.3, 0.4) is 0 Å². The maximum absolute atomic E-state index is 5.90. The molecule has 2 nitrogen and oxygen atoms in total. The van der Waals surface area contributed by atoms with Gasteiger partial charge >= 0.3 is 0 Å². The number of nitrogens with two attached hydrogens (primary N) is 1. The molecule has 0 radical (unpaired) electrons. The average Bonchev–Trinajstić information content (AvgIpc) is 2.70. The first-order chi connectivity index (χ1) is 7.27. The number of nitrogens with zero attached hydrogens (tertiary/aromatic N) is 1. The number of aromatic nitrogens is 1. The molecule has 0 aliphatic carbocycles. The summed E-state index contributed by atoms with van der Waals surface area (Å²) in [5.74, 6) is 0.848. The van der Waals surface area contributed by atoms with Crippen molar-refractivity contribution in [3.8, 4) is 0 Å². The highest BCUT2D eigenvalue weighted by Gasteiger charge is 2.05. The fourth-order valence-electron chi connectivity index (χ4n) is 1.14. The summed E-state index contributed by atoms with van der Waals surface area (Å²) in [4.78, 5) is 4.22. The number of rotatable bonds is 3. The highest BCUT2D eigenvalue weighted by atomic mass is 79.9. The van der Waals surface area contributed by atoms with E-state index in [1.165, 1.54) is 0 Å². The maximum atomic E-state index is 5.90. The molecule has 2 rings (SSSR count). The van der Waals surface area contributed by atoms with Gasteiger partial charge in [0.05, 0.1) is 0 Å². The second-order valence-corrected chi connectivity index (χ2v) is 5.87. The van der Waals surface area contributed by atoms with Crippen LogP contribution in [0.15, 0.2) is 38.6 Å². The van der Waals surface area contributed by atoms with Crippen molar-refractivity contribution in [2.45, 2.75) is 10.1 Å². The molecular formula is C10H9BrN2S2. The van der Waals surface area contributed by atoms with Crippen molar-refractivity contribution in [3.05, 3.63) is 39.8 Å². The van der Waals surface area contributed by atoms with Crippen molar-refractivity contribution in [2.75, 3.05) is 5.73 Å². The lowest BCUT2D eigenvalue weighted by molar-refractivity contribution is 1.24. The molecule has 1 aromatic heterocycles. The van der Waals surface area contributed by atoms with Gasteiger partial charge in [0, 0.05) is 27.5 Å². The maximum Gasteiger partial charge on any atom is 0.150 e. The zero-order valence-corrected chi connectivity index (χ0v) is 11.0. The lowest BCUT2D eigenvalue weighted by atomic mass is 10.2. The quantitative estimate of drug-likeness (QED) is 0.692. The molecule has 0 saturated heterocycles. The monoisotopic (exact) mass is 300 g/mol. The van der Waals surface area contributed by atoms with Gasteiger partial charge in [-0.15, -0.1) is 11.3 Å².